The Hall–Kier alpha value is -3.42. The van der Waals surface area contributed by atoms with Crippen LogP contribution in [0.1, 0.15) is 53.8 Å². The molecule has 0 bridgehead atoms. The van der Waals surface area contributed by atoms with Gasteiger partial charge in [0.15, 0.2) is 5.69 Å². The van der Waals surface area contributed by atoms with Crippen molar-refractivity contribution in [3.63, 3.8) is 0 Å². The third-order valence-electron chi connectivity index (χ3n) is 6.33. The van der Waals surface area contributed by atoms with E-state index in [9.17, 15) is 4.79 Å². The Kier molecular flexibility index (Phi) is 8.23. The molecule has 0 aliphatic heterocycles. The number of para-hydroxylation sites is 1. The fourth-order valence-corrected chi connectivity index (χ4v) is 4.24. The molecule has 4 rings (SSSR count). The van der Waals surface area contributed by atoms with Crippen molar-refractivity contribution in [2.45, 2.75) is 45.7 Å². The van der Waals surface area contributed by atoms with Crippen molar-refractivity contribution in [3.05, 3.63) is 89.3 Å². The van der Waals surface area contributed by atoms with Crippen molar-refractivity contribution < 1.29 is 13.9 Å². The molecule has 2 aromatic carbocycles. The maximum absolute atomic E-state index is 12.3. The highest BCUT2D eigenvalue weighted by Gasteiger charge is 2.17. The highest BCUT2D eigenvalue weighted by Crippen LogP contribution is 2.23. The number of amides is 1. The third-order valence-corrected chi connectivity index (χ3v) is 6.33. The number of nitrogens with one attached hydrogen (secondary N) is 2. The smallest absolute Gasteiger partial charge is 0.273 e. The molecule has 2 N–H and O–H groups in total. The average Bonchev–Trinajstić information content (AvgIpc) is 3.50. The van der Waals surface area contributed by atoms with E-state index in [4.69, 9.17) is 9.15 Å². The van der Waals surface area contributed by atoms with E-state index in [1.54, 1.807) is 7.11 Å². The number of fused-ring (bicyclic) bond motifs is 1. The van der Waals surface area contributed by atoms with Crippen LogP contribution in [0.15, 0.2) is 65.4 Å². The van der Waals surface area contributed by atoms with E-state index in [-0.39, 0.29) is 17.0 Å². The number of benzene rings is 2. The minimum absolute atomic E-state index is 0.117. The molecule has 0 saturated heterocycles. The van der Waals surface area contributed by atoms with E-state index in [0.717, 1.165) is 25.0 Å². The summed E-state index contributed by atoms with van der Waals surface area (Å²) in [7, 11) is 1.60. The topological polar surface area (TPSA) is 83.4 Å². The summed E-state index contributed by atoms with van der Waals surface area (Å²) in [5.41, 5.74) is 5.37. The van der Waals surface area contributed by atoms with Crippen molar-refractivity contribution in [3.8, 4) is 0 Å². The second-order valence-corrected chi connectivity index (χ2v) is 10.1. The van der Waals surface area contributed by atoms with Gasteiger partial charge >= 0.3 is 0 Å². The third kappa shape index (κ3) is 6.62. The fraction of sp³-hybridized carbons (Fsp3) is 0.379. The van der Waals surface area contributed by atoms with E-state index < -0.39 is 0 Å². The van der Waals surface area contributed by atoms with Gasteiger partial charge in [-0.2, -0.15) is 0 Å². The van der Waals surface area contributed by atoms with Gasteiger partial charge in [0.2, 0.25) is 5.89 Å². The monoisotopic (exact) mass is 488 g/mol. The van der Waals surface area contributed by atoms with E-state index >= 15 is 0 Å². The average molecular weight is 489 g/mol. The number of aromatic amines is 1. The van der Waals surface area contributed by atoms with E-state index in [1.807, 2.05) is 6.07 Å². The van der Waals surface area contributed by atoms with Crippen molar-refractivity contribution >= 4 is 16.8 Å². The van der Waals surface area contributed by atoms with E-state index in [2.05, 4.69) is 89.6 Å². The number of ether oxygens (including phenoxy) is 1. The zero-order chi connectivity index (χ0) is 25.5. The Morgan fingerprint density at radius 2 is 1.89 bits per heavy atom. The number of hydrogen-bond acceptors (Lipinski definition) is 5. The molecule has 190 valence electrons. The Balaban J connectivity index is 1.48. The molecule has 0 spiro atoms. The van der Waals surface area contributed by atoms with Gasteiger partial charge in [0, 0.05) is 43.8 Å². The fourth-order valence-electron chi connectivity index (χ4n) is 4.24. The Morgan fingerprint density at radius 3 is 2.64 bits per heavy atom. The molecule has 0 atom stereocenters. The molecule has 4 aromatic rings. The van der Waals surface area contributed by atoms with Gasteiger partial charge in [-0.05, 0) is 34.6 Å². The first-order chi connectivity index (χ1) is 17.3. The highest BCUT2D eigenvalue weighted by atomic mass is 16.5. The molecule has 0 aliphatic carbocycles. The first-order valence-corrected chi connectivity index (χ1v) is 12.4. The number of carbonyl (C=O) groups excluding carboxylic acids is 1. The summed E-state index contributed by atoms with van der Waals surface area (Å²) in [6.45, 7) is 9.63. The van der Waals surface area contributed by atoms with E-state index in [1.165, 1.54) is 28.3 Å². The number of methoxy groups -OCH3 is 1. The lowest BCUT2D eigenvalue weighted by molar-refractivity contribution is 0.0932. The summed E-state index contributed by atoms with van der Waals surface area (Å²) in [6, 6.07) is 17.2. The number of H-pyrrole nitrogens is 1. The summed E-state index contributed by atoms with van der Waals surface area (Å²) in [5, 5.41) is 4.03. The summed E-state index contributed by atoms with van der Waals surface area (Å²) < 4.78 is 10.7. The van der Waals surface area contributed by atoms with Crippen molar-refractivity contribution in [2.24, 2.45) is 0 Å². The Morgan fingerprint density at radius 1 is 1.11 bits per heavy atom. The van der Waals surface area contributed by atoms with Gasteiger partial charge in [-0.15, -0.1) is 0 Å². The molecule has 36 heavy (non-hydrogen) atoms. The van der Waals surface area contributed by atoms with Crippen molar-refractivity contribution in [1.29, 1.82) is 0 Å². The van der Waals surface area contributed by atoms with Crippen molar-refractivity contribution in [1.82, 2.24) is 20.2 Å². The van der Waals surface area contributed by atoms with Crippen LogP contribution in [0.5, 0.6) is 0 Å². The highest BCUT2D eigenvalue weighted by molar-refractivity contribution is 5.91. The lowest BCUT2D eigenvalue weighted by Crippen LogP contribution is -2.28. The van der Waals surface area contributed by atoms with Gasteiger partial charge in [-0.25, -0.2) is 4.98 Å². The van der Waals surface area contributed by atoms with Gasteiger partial charge < -0.3 is 19.5 Å². The first-order valence-electron chi connectivity index (χ1n) is 12.4. The molecule has 0 aliphatic rings. The van der Waals surface area contributed by atoms with Crippen LogP contribution < -0.4 is 5.32 Å². The number of aromatic nitrogens is 2. The molecular weight excluding hydrogens is 452 g/mol. The van der Waals surface area contributed by atoms with E-state index in [0.29, 0.717) is 25.6 Å². The second-order valence-electron chi connectivity index (χ2n) is 10.1. The van der Waals surface area contributed by atoms with Crippen LogP contribution in [0.4, 0.5) is 0 Å². The predicted molar refractivity (Wildman–Crippen MR) is 142 cm³/mol. The molecule has 2 aromatic heterocycles. The summed E-state index contributed by atoms with van der Waals surface area (Å²) in [4.78, 5) is 22.4. The van der Waals surface area contributed by atoms with Gasteiger partial charge in [0.05, 0.1) is 13.2 Å². The van der Waals surface area contributed by atoms with Crippen LogP contribution >= 0.6 is 0 Å². The number of rotatable bonds is 11. The van der Waals surface area contributed by atoms with Gasteiger partial charge in [-0.1, -0.05) is 63.2 Å². The summed E-state index contributed by atoms with van der Waals surface area (Å²) in [5.74, 6) is 0.266. The van der Waals surface area contributed by atoms with Crippen LogP contribution in [0.3, 0.4) is 0 Å². The normalized spacial score (nSPS) is 11.9. The van der Waals surface area contributed by atoms with Crippen LogP contribution in [-0.4, -0.2) is 47.6 Å². The number of carbonyl (C=O) groups is 1. The standard InChI is InChI=1S/C29H36N4O3/c1-29(2,3)23-11-9-21(10-12-23)18-33(15-13-22-17-31-25-8-6-5-7-24(22)25)19-27-32-26(20-36-27)28(34)30-14-16-35-4/h5-12,17,20,31H,13-16,18-19H2,1-4H3,(H,30,34). The lowest BCUT2D eigenvalue weighted by atomic mass is 9.87. The largest absolute Gasteiger partial charge is 0.447 e. The maximum atomic E-state index is 12.3. The predicted octanol–water partition coefficient (Wildman–Crippen LogP) is 5.07. The van der Waals surface area contributed by atoms with Gasteiger partial charge in [-0.3, -0.25) is 9.69 Å². The van der Waals surface area contributed by atoms with Crippen molar-refractivity contribution in [2.75, 3.05) is 26.8 Å². The Bertz CT molecular complexity index is 1270. The zero-order valence-corrected chi connectivity index (χ0v) is 21.6. The number of oxazole rings is 1. The van der Waals surface area contributed by atoms with Gasteiger partial charge in [0.1, 0.15) is 6.26 Å². The minimum Gasteiger partial charge on any atom is -0.447 e. The molecule has 0 radical (unpaired) electrons. The molecule has 0 unspecified atom stereocenters. The minimum atomic E-state index is -0.259. The van der Waals surface area contributed by atoms with Crippen LogP contribution in [0.2, 0.25) is 0 Å². The SMILES string of the molecule is COCCNC(=O)c1coc(CN(CCc2c[nH]c3ccccc23)Cc2ccc(C(C)(C)C)cc2)n1. The summed E-state index contributed by atoms with van der Waals surface area (Å²) >= 11 is 0. The molecule has 0 fully saturated rings. The Labute approximate surface area is 212 Å². The molecule has 1 amide bonds. The zero-order valence-electron chi connectivity index (χ0n) is 21.6. The molecular formula is C29H36N4O3. The number of nitrogens with zero attached hydrogens (tertiary/aromatic N) is 2. The van der Waals surface area contributed by atoms with Crippen LogP contribution in [-0.2, 0) is 29.7 Å². The first kappa shape index (κ1) is 25.7. The molecule has 7 nitrogen and oxygen atoms in total. The number of hydrogen-bond donors (Lipinski definition) is 2. The molecule has 2 heterocycles. The lowest BCUT2D eigenvalue weighted by Gasteiger charge is -2.22. The van der Waals surface area contributed by atoms with Crippen LogP contribution in [0, 0.1) is 0 Å². The second kappa shape index (κ2) is 11.5. The molecule has 0 saturated carbocycles. The van der Waals surface area contributed by atoms with Gasteiger partial charge in [0.25, 0.3) is 5.91 Å². The quantitative estimate of drug-likeness (QED) is 0.288. The summed E-state index contributed by atoms with van der Waals surface area (Å²) in [6.07, 6.45) is 4.40. The maximum Gasteiger partial charge on any atom is 0.273 e. The van der Waals surface area contributed by atoms with Crippen LogP contribution in [0.25, 0.3) is 10.9 Å². The molecule has 7 heteroatoms.